The summed E-state index contributed by atoms with van der Waals surface area (Å²) in [6.45, 7) is 28.5. The second kappa shape index (κ2) is 10.5. The van der Waals surface area contributed by atoms with E-state index in [1.165, 1.54) is 5.56 Å². The van der Waals surface area contributed by atoms with Crippen molar-refractivity contribution in [1.29, 1.82) is 0 Å². The summed E-state index contributed by atoms with van der Waals surface area (Å²) in [5.41, 5.74) is 2.75. The lowest BCUT2D eigenvalue weighted by Gasteiger charge is -2.30. The van der Waals surface area contributed by atoms with Gasteiger partial charge in [0, 0.05) is 11.1 Å². The van der Waals surface area contributed by atoms with Gasteiger partial charge >= 0.3 is 0 Å². The molecule has 0 saturated carbocycles. The molecule has 0 heterocycles. The zero-order valence-electron chi connectivity index (χ0n) is 25.0. The van der Waals surface area contributed by atoms with Crippen LogP contribution in [0.2, 0.25) is 0 Å². The summed E-state index contributed by atoms with van der Waals surface area (Å²) < 4.78 is 12.3. The van der Waals surface area contributed by atoms with Gasteiger partial charge in [-0.25, -0.2) is 0 Å². The van der Waals surface area contributed by atoms with E-state index in [4.69, 9.17) is 9.47 Å². The fraction of sp³-hybridized carbons (Fsp3) is 0.515. The van der Waals surface area contributed by atoms with Gasteiger partial charge in [0.25, 0.3) is 0 Å². The van der Waals surface area contributed by atoms with Crippen LogP contribution in [-0.2, 0) is 10.8 Å². The molecule has 2 aromatic rings. The first-order valence-corrected chi connectivity index (χ1v) is 13.0. The minimum atomic E-state index is -0.494. The van der Waals surface area contributed by atoms with Crippen LogP contribution in [0.3, 0.4) is 0 Å². The molecule has 202 valence electrons. The van der Waals surface area contributed by atoms with E-state index in [0.29, 0.717) is 28.2 Å². The van der Waals surface area contributed by atoms with E-state index in [9.17, 15) is 9.59 Å². The number of ether oxygens (including phenoxy) is 2. The molecule has 0 fully saturated rings. The zero-order chi connectivity index (χ0) is 28.6. The van der Waals surface area contributed by atoms with Crippen molar-refractivity contribution in [2.24, 2.45) is 0 Å². The Morgan fingerprint density at radius 1 is 0.676 bits per heavy atom. The first kappa shape index (κ1) is 30.3. The summed E-state index contributed by atoms with van der Waals surface area (Å²) >= 11 is 0. The van der Waals surface area contributed by atoms with Gasteiger partial charge < -0.3 is 9.47 Å². The van der Waals surface area contributed by atoms with E-state index in [1.54, 1.807) is 18.2 Å². The predicted octanol–water partition coefficient (Wildman–Crippen LogP) is 8.73. The molecule has 0 aliphatic heterocycles. The Hall–Kier alpha value is -2.88. The van der Waals surface area contributed by atoms with Gasteiger partial charge in [0.05, 0.1) is 12.0 Å². The third-order valence-electron chi connectivity index (χ3n) is 5.74. The van der Waals surface area contributed by atoms with E-state index >= 15 is 0 Å². The van der Waals surface area contributed by atoms with Gasteiger partial charge in [0.15, 0.2) is 11.6 Å². The van der Waals surface area contributed by atoms with Crippen molar-refractivity contribution < 1.29 is 19.1 Å². The van der Waals surface area contributed by atoms with Gasteiger partial charge in [-0.15, -0.1) is 0 Å². The standard InChI is InChI=1S/C33H46O4/c1-14-23-28(36-32(8,9)10)18-22(19-29(23)37-33(11,12)13)27(35)20-26(34)21-15-16-24(30(2,3)4)25(17-21)31(5,6)7/h14-19H,1,20H2,2-13H3. The van der Waals surface area contributed by atoms with Crippen LogP contribution >= 0.6 is 0 Å². The quantitative estimate of drug-likeness (QED) is 0.278. The highest BCUT2D eigenvalue weighted by atomic mass is 16.5. The van der Waals surface area contributed by atoms with Crippen LogP contribution in [0.25, 0.3) is 6.08 Å². The van der Waals surface area contributed by atoms with E-state index in [-0.39, 0.29) is 28.8 Å². The average Bonchev–Trinajstić information content (AvgIpc) is 2.69. The van der Waals surface area contributed by atoms with Crippen LogP contribution in [-0.4, -0.2) is 22.8 Å². The maximum Gasteiger partial charge on any atom is 0.170 e. The first-order valence-electron chi connectivity index (χ1n) is 13.0. The predicted molar refractivity (Wildman–Crippen MR) is 154 cm³/mol. The molecule has 0 spiro atoms. The number of ketones is 2. The van der Waals surface area contributed by atoms with Crippen LogP contribution in [0.15, 0.2) is 36.9 Å². The molecule has 4 nitrogen and oxygen atoms in total. The number of hydrogen-bond donors (Lipinski definition) is 0. The maximum absolute atomic E-state index is 13.4. The van der Waals surface area contributed by atoms with Crippen molar-refractivity contribution in [2.45, 2.75) is 112 Å². The van der Waals surface area contributed by atoms with Crippen LogP contribution < -0.4 is 9.47 Å². The highest BCUT2D eigenvalue weighted by Crippen LogP contribution is 2.37. The normalized spacial score (nSPS) is 12.8. The Kier molecular flexibility index (Phi) is 8.59. The summed E-state index contributed by atoms with van der Waals surface area (Å²) in [6.07, 6.45) is 1.43. The van der Waals surface area contributed by atoms with Gasteiger partial charge in [0.2, 0.25) is 0 Å². The molecule has 4 heteroatoms. The van der Waals surface area contributed by atoms with Crippen molar-refractivity contribution >= 4 is 17.6 Å². The van der Waals surface area contributed by atoms with Crippen LogP contribution in [0.5, 0.6) is 11.5 Å². The molecule has 0 radical (unpaired) electrons. The zero-order valence-corrected chi connectivity index (χ0v) is 25.0. The molecule has 0 aliphatic rings. The summed E-state index contributed by atoms with van der Waals surface area (Å²) in [6, 6.07) is 9.21. The molecule has 2 rings (SSSR count). The Bertz CT molecular complexity index is 1140. The Morgan fingerprint density at radius 3 is 1.49 bits per heavy atom. The number of carbonyl (C=O) groups is 2. The van der Waals surface area contributed by atoms with Crippen molar-refractivity contribution in [3.05, 3.63) is 64.7 Å². The largest absolute Gasteiger partial charge is 0.487 e. The number of rotatable bonds is 7. The molecule has 0 unspecified atom stereocenters. The molecule has 37 heavy (non-hydrogen) atoms. The Balaban J connectivity index is 2.51. The molecule has 0 aliphatic carbocycles. The second-order valence-electron chi connectivity index (χ2n) is 13.8. The van der Waals surface area contributed by atoms with Crippen molar-refractivity contribution in [2.75, 3.05) is 0 Å². The minimum absolute atomic E-state index is 0.0557. The average molecular weight is 507 g/mol. The monoisotopic (exact) mass is 506 g/mol. The topological polar surface area (TPSA) is 52.6 Å². The highest BCUT2D eigenvalue weighted by molar-refractivity contribution is 6.14. The van der Waals surface area contributed by atoms with Crippen LogP contribution in [0, 0.1) is 0 Å². The SMILES string of the molecule is C=Cc1c(OC(C)(C)C)cc(C(=O)CC(=O)c2ccc(C(C)(C)C)c(C(C)(C)C)c2)cc1OC(C)(C)C. The molecule has 0 saturated heterocycles. The molecule has 0 amide bonds. The van der Waals surface area contributed by atoms with E-state index in [0.717, 1.165) is 5.56 Å². The van der Waals surface area contributed by atoms with E-state index in [1.807, 2.05) is 59.7 Å². The molecule has 0 bridgehead atoms. The van der Waals surface area contributed by atoms with Crippen LogP contribution in [0.1, 0.15) is 127 Å². The third kappa shape index (κ3) is 8.31. The molecular weight excluding hydrogens is 460 g/mol. The fourth-order valence-corrected chi connectivity index (χ4v) is 4.13. The summed E-state index contributed by atoms with van der Waals surface area (Å²) in [4.78, 5) is 26.7. The molecule has 0 N–H and O–H groups in total. The van der Waals surface area contributed by atoms with Gasteiger partial charge in [-0.05, 0) is 81.7 Å². The number of benzene rings is 2. The second-order valence-corrected chi connectivity index (χ2v) is 13.8. The van der Waals surface area contributed by atoms with Crippen LogP contribution in [0.4, 0.5) is 0 Å². The summed E-state index contributed by atoms with van der Waals surface area (Å²) in [5, 5.41) is 0. The third-order valence-corrected chi connectivity index (χ3v) is 5.74. The van der Waals surface area contributed by atoms with E-state index in [2.05, 4.69) is 48.1 Å². The first-order chi connectivity index (χ1) is 16.6. The van der Waals surface area contributed by atoms with E-state index < -0.39 is 11.2 Å². The molecule has 2 aromatic carbocycles. The maximum atomic E-state index is 13.4. The van der Waals surface area contributed by atoms with Crippen molar-refractivity contribution in [3.8, 4) is 11.5 Å². The van der Waals surface area contributed by atoms with Crippen molar-refractivity contribution in [1.82, 2.24) is 0 Å². The number of Topliss-reactive ketones (excluding diaryl/α,β-unsaturated/α-hetero) is 2. The summed E-state index contributed by atoms with van der Waals surface area (Å²) in [7, 11) is 0. The number of carbonyl (C=O) groups excluding carboxylic acids is 2. The highest BCUT2D eigenvalue weighted by Gasteiger charge is 2.27. The minimum Gasteiger partial charge on any atom is -0.487 e. The van der Waals surface area contributed by atoms with Gasteiger partial charge in [-0.3, -0.25) is 9.59 Å². The Labute approximate surface area is 224 Å². The number of hydrogen-bond acceptors (Lipinski definition) is 4. The van der Waals surface area contributed by atoms with Gasteiger partial charge in [0.1, 0.15) is 22.7 Å². The lowest BCUT2D eigenvalue weighted by Crippen LogP contribution is -2.26. The molecular formula is C33H46O4. The molecule has 0 atom stereocenters. The summed E-state index contributed by atoms with van der Waals surface area (Å²) in [5.74, 6) is 0.518. The smallest absolute Gasteiger partial charge is 0.170 e. The van der Waals surface area contributed by atoms with Crippen molar-refractivity contribution in [3.63, 3.8) is 0 Å². The fourth-order valence-electron chi connectivity index (χ4n) is 4.13. The van der Waals surface area contributed by atoms with Gasteiger partial charge in [-0.2, -0.15) is 0 Å². The Morgan fingerprint density at radius 2 is 1.11 bits per heavy atom. The lowest BCUT2D eigenvalue weighted by atomic mass is 9.74. The molecule has 0 aromatic heterocycles. The lowest BCUT2D eigenvalue weighted by molar-refractivity contribution is 0.0888. The van der Waals surface area contributed by atoms with Gasteiger partial charge in [-0.1, -0.05) is 66.3 Å².